The standard InChI is InChI=1S/C11H23N3O/c1-11(2,6-7-12)8-13-10(15)14-9-4-3-5-9/h9H,3-8,12H2,1-2H3,(H2,13,14,15). The molecule has 1 saturated carbocycles. The first kappa shape index (κ1) is 12.3. The van der Waals surface area contributed by atoms with Crippen molar-refractivity contribution in [3.8, 4) is 0 Å². The first-order valence-electron chi connectivity index (χ1n) is 5.78. The van der Waals surface area contributed by atoms with Gasteiger partial charge in [0.15, 0.2) is 0 Å². The van der Waals surface area contributed by atoms with Crippen LogP contribution in [0.15, 0.2) is 0 Å². The normalized spacial score (nSPS) is 17.0. The molecule has 0 unspecified atom stereocenters. The predicted molar refractivity (Wildman–Crippen MR) is 61.6 cm³/mol. The van der Waals surface area contributed by atoms with Gasteiger partial charge in [-0.1, -0.05) is 13.8 Å². The van der Waals surface area contributed by atoms with Crippen LogP contribution in [0.25, 0.3) is 0 Å². The van der Waals surface area contributed by atoms with Gasteiger partial charge in [-0.05, 0) is 37.6 Å². The molecule has 0 aromatic carbocycles. The molecule has 0 aromatic heterocycles. The van der Waals surface area contributed by atoms with Gasteiger partial charge < -0.3 is 16.4 Å². The van der Waals surface area contributed by atoms with Crippen LogP contribution >= 0.6 is 0 Å². The zero-order valence-electron chi connectivity index (χ0n) is 9.81. The smallest absolute Gasteiger partial charge is 0.315 e. The fourth-order valence-corrected chi connectivity index (χ4v) is 1.59. The first-order chi connectivity index (χ1) is 7.03. The van der Waals surface area contributed by atoms with Gasteiger partial charge in [0, 0.05) is 12.6 Å². The van der Waals surface area contributed by atoms with Crippen molar-refractivity contribution in [3.63, 3.8) is 0 Å². The SMILES string of the molecule is CC(C)(CCN)CNC(=O)NC1CCC1. The van der Waals surface area contributed by atoms with Gasteiger partial charge in [-0.15, -0.1) is 0 Å². The summed E-state index contributed by atoms with van der Waals surface area (Å²) in [7, 11) is 0. The number of nitrogens with one attached hydrogen (secondary N) is 2. The topological polar surface area (TPSA) is 67.1 Å². The van der Waals surface area contributed by atoms with Gasteiger partial charge in [-0.25, -0.2) is 4.79 Å². The zero-order valence-corrected chi connectivity index (χ0v) is 9.81. The molecule has 0 spiro atoms. The third-order valence-electron chi connectivity index (χ3n) is 2.99. The highest BCUT2D eigenvalue weighted by atomic mass is 16.2. The van der Waals surface area contributed by atoms with Crippen LogP contribution in [0.1, 0.15) is 39.5 Å². The molecule has 4 N–H and O–H groups in total. The molecule has 2 amide bonds. The summed E-state index contributed by atoms with van der Waals surface area (Å²) >= 11 is 0. The van der Waals surface area contributed by atoms with E-state index in [0.717, 1.165) is 19.3 Å². The Balaban J connectivity index is 2.14. The van der Waals surface area contributed by atoms with Crippen LogP contribution in [-0.4, -0.2) is 25.2 Å². The molecule has 15 heavy (non-hydrogen) atoms. The van der Waals surface area contributed by atoms with Crippen molar-refractivity contribution in [1.82, 2.24) is 10.6 Å². The van der Waals surface area contributed by atoms with Crippen molar-refractivity contribution < 1.29 is 4.79 Å². The highest BCUT2D eigenvalue weighted by Crippen LogP contribution is 2.19. The van der Waals surface area contributed by atoms with Gasteiger partial charge in [-0.2, -0.15) is 0 Å². The molecule has 0 radical (unpaired) electrons. The Kier molecular flexibility index (Phi) is 4.39. The second-order valence-corrected chi connectivity index (χ2v) is 5.16. The van der Waals surface area contributed by atoms with Crippen LogP contribution in [0.3, 0.4) is 0 Å². The van der Waals surface area contributed by atoms with Gasteiger partial charge >= 0.3 is 6.03 Å². The molecule has 0 aromatic rings. The largest absolute Gasteiger partial charge is 0.338 e. The lowest BCUT2D eigenvalue weighted by Gasteiger charge is -2.28. The van der Waals surface area contributed by atoms with Crippen LogP contribution in [0.4, 0.5) is 4.79 Å². The maximum atomic E-state index is 11.4. The Morgan fingerprint density at radius 3 is 2.60 bits per heavy atom. The summed E-state index contributed by atoms with van der Waals surface area (Å²) in [5.74, 6) is 0. The molecule has 0 atom stereocenters. The molecular weight excluding hydrogens is 190 g/mol. The average molecular weight is 213 g/mol. The molecular formula is C11H23N3O. The summed E-state index contributed by atoms with van der Waals surface area (Å²) < 4.78 is 0. The van der Waals surface area contributed by atoms with Crippen LogP contribution in [0.5, 0.6) is 0 Å². The molecule has 1 fully saturated rings. The molecule has 4 nitrogen and oxygen atoms in total. The quantitative estimate of drug-likeness (QED) is 0.642. The number of carbonyl (C=O) groups excluding carboxylic acids is 1. The van der Waals surface area contributed by atoms with E-state index in [1.54, 1.807) is 0 Å². The van der Waals surface area contributed by atoms with E-state index >= 15 is 0 Å². The Labute approximate surface area is 92.0 Å². The molecule has 1 aliphatic rings. The predicted octanol–water partition coefficient (Wildman–Crippen LogP) is 1.21. The Morgan fingerprint density at radius 1 is 1.47 bits per heavy atom. The lowest BCUT2D eigenvalue weighted by atomic mass is 9.89. The van der Waals surface area contributed by atoms with Crippen LogP contribution in [-0.2, 0) is 0 Å². The number of urea groups is 1. The summed E-state index contributed by atoms with van der Waals surface area (Å²) in [5, 5.41) is 5.85. The Hall–Kier alpha value is -0.770. The lowest BCUT2D eigenvalue weighted by Crippen LogP contribution is -2.47. The van der Waals surface area contributed by atoms with Crippen molar-refractivity contribution in [2.45, 2.75) is 45.6 Å². The minimum Gasteiger partial charge on any atom is -0.338 e. The Bertz CT molecular complexity index is 212. The molecule has 0 bridgehead atoms. The van der Waals surface area contributed by atoms with E-state index in [4.69, 9.17) is 5.73 Å². The maximum absolute atomic E-state index is 11.4. The maximum Gasteiger partial charge on any atom is 0.315 e. The van der Waals surface area contributed by atoms with Gasteiger partial charge in [0.2, 0.25) is 0 Å². The number of carbonyl (C=O) groups is 1. The average Bonchev–Trinajstić information content (AvgIpc) is 2.08. The monoisotopic (exact) mass is 213 g/mol. The van der Waals surface area contributed by atoms with Crippen LogP contribution in [0, 0.1) is 5.41 Å². The second-order valence-electron chi connectivity index (χ2n) is 5.16. The molecule has 1 aliphatic carbocycles. The van der Waals surface area contributed by atoms with Crippen molar-refractivity contribution in [2.24, 2.45) is 11.1 Å². The fourth-order valence-electron chi connectivity index (χ4n) is 1.59. The first-order valence-corrected chi connectivity index (χ1v) is 5.78. The third-order valence-corrected chi connectivity index (χ3v) is 2.99. The molecule has 1 rings (SSSR count). The summed E-state index contributed by atoms with van der Waals surface area (Å²) in [6.45, 7) is 5.58. The van der Waals surface area contributed by atoms with E-state index in [0.29, 0.717) is 19.1 Å². The van der Waals surface area contributed by atoms with E-state index in [1.807, 2.05) is 0 Å². The number of nitrogens with two attached hydrogens (primary N) is 1. The third kappa shape index (κ3) is 4.51. The van der Waals surface area contributed by atoms with Gasteiger partial charge in [0.25, 0.3) is 0 Å². The van der Waals surface area contributed by atoms with Gasteiger partial charge in [0.1, 0.15) is 0 Å². The second kappa shape index (κ2) is 5.35. The van der Waals surface area contributed by atoms with Crippen molar-refractivity contribution in [2.75, 3.05) is 13.1 Å². The summed E-state index contributed by atoms with van der Waals surface area (Å²) in [6.07, 6.45) is 4.42. The number of rotatable bonds is 5. The Morgan fingerprint density at radius 2 is 2.13 bits per heavy atom. The number of hydrogen-bond donors (Lipinski definition) is 3. The van der Waals surface area contributed by atoms with E-state index in [-0.39, 0.29) is 11.4 Å². The van der Waals surface area contributed by atoms with E-state index in [9.17, 15) is 4.79 Å². The summed E-state index contributed by atoms with van der Waals surface area (Å²) in [5.41, 5.74) is 5.59. The molecule has 88 valence electrons. The highest BCUT2D eigenvalue weighted by Gasteiger charge is 2.21. The number of amides is 2. The van der Waals surface area contributed by atoms with Crippen LogP contribution in [0.2, 0.25) is 0 Å². The minimum absolute atomic E-state index is 0.0372. The van der Waals surface area contributed by atoms with Crippen LogP contribution < -0.4 is 16.4 Å². The highest BCUT2D eigenvalue weighted by molar-refractivity contribution is 5.74. The summed E-state index contributed by atoms with van der Waals surface area (Å²) in [6, 6.07) is 0.368. The van der Waals surface area contributed by atoms with E-state index in [1.165, 1.54) is 6.42 Å². The van der Waals surface area contributed by atoms with E-state index < -0.39 is 0 Å². The lowest BCUT2D eigenvalue weighted by molar-refractivity contribution is 0.220. The summed E-state index contributed by atoms with van der Waals surface area (Å²) in [4.78, 5) is 11.4. The van der Waals surface area contributed by atoms with Gasteiger partial charge in [0.05, 0.1) is 0 Å². The van der Waals surface area contributed by atoms with Crippen molar-refractivity contribution in [1.29, 1.82) is 0 Å². The molecule has 0 aliphatic heterocycles. The minimum atomic E-state index is -0.0372. The molecule has 0 saturated heterocycles. The fraction of sp³-hybridized carbons (Fsp3) is 0.909. The van der Waals surface area contributed by atoms with Gasteiger partial charge in [-0.3, -0.25) is 0 Å². The number of hydrogen-bond acceptors (Lipinski definition) is 2. The molecule has 0 heterocycles. The van der Waals surface area contributed by atoms with Crippen molar-refractivity contribution >= 4 is 6.03 Å². The zero-order chi connectivity index (χ0) is 11.3. The van der Waals surface area contributed by atoms with E-state index in [2.05, 4.69) is 24.5 Å². The molecule has 4 heteroatoms. The van der Waals surface area contributed by atoms with Crippen molar-refractivity contribution in [3.05, 3.63) is 0 Å².